The molecule has 0 bridgehead atoms. The molecule has 0 radical (unpaired) electrons. The van der Waals surface area contributed by atoms with Crippen LogP contribution in [0, 0.1) is 5.92 Å². The Kier molecular flexibility index (Phi) is 4.46. The summed E-state index contributed by atoms with van der Waals surface area (Å²) in [6.45, 7) is 8.16. The van der Waals surface area contributed by atoms with Crippen molar-refractivity contribution in [3.63, 3.8) is 0 Å². The maximum Gasteiger partial charge on any atom is 0.229 e. The van der Waals surface area contributed by atoms with E-state index in [0.717, 1.165) is 11.0 Å². The first-order chi connectivity index (χ1) is 11.6. The topological polar surface area (TPSA) is 75.0 Å². The van der Waals surface area contributed by atoms with Crippen LogP contribution in [-0.4, -0.2) is 27.4 Å². The third-order valence-electron chi connectivity index (χ3n) is 3.64. The highest BCUT2D eigenvalue weighted by atomic mass is 16.4. The van der Waals surface area contributed by atoms with Gasteiger partial charge in [-0.05, 0) is 18.1 Å². The van der Waals surface area contributed by atoms with E-state index >= 15 is 0 Å². The summed E-state index contributed by atoms with van der Waals surface area (Å²) in [4.78, 5) is 25.6. The summed E-state index contributed by atoms with van der Waals surface area (Å²) in [6, 6.07) is 5.51. The lowest BCUT2D eigenvalue weighted by Gasteiger charge is -2.19. The van der Waals surface area contributed by atoms with E-state index in [9.17, 15) is 4.79 Å². The molecule has 0 saturated carbocycles. The second kappa shape index (κ2) is 6.70. The molecule has 0 aliphatic heterocycles. The van der Waals surface area contributed by atoms with Gasteiger partial charge in [0.1, 0.15) is 17.7 Å². The number of aromatic nitrogens is 3. The number of anilines is 1. The van der Waals surface area contributed by atoms with E-state index in [4.69, 9.17) is 4.42 Å². The van der Waals surface area contributed by atoms with Crippen molar-refractivity contribution >= 4 is 22.8 Å². The first-order valence-electron chi connectivity index (χ1n) is 7.89. The van der Waals surface area contributed by atoms with Crippen molar-refractivity contribution in [1.82, 2.24) is 15.0 Å². The van der Waals surface area contributed by atoms with Crippen LogP contribution in [0.1, 0.15) is 21.7 Å². The van der Waals surface area contributed by atoms with Gasteiger partial charge in [0.25, 0.3) is 0 Å². The summed E-state index contributed by atoms with van der Waals surface area (Å²) in [7, 11) is 0. The molecule has 6 heteroatoms. The van der Waals surface area contributed by atoms with Gasteiger partial charge in [0.2, 0.25) is 11.8 Å². The summed E-state index contributed by atoms with van der Waals surface area (Å²) < 4.78 is 5.92. The van der Waals surface area contributed by atoms with Crippen molar-refractivity contribution in [1.29, 1.82) is 0 Å². The summed E-state index contributed by atoms with van der Waals surface area (Å²) in [5.41, 5.74) is 1.44. The van der Waals surface area contributed by atoms with E-state index in [1.807, 2.05) is 32.2 Å². The fraction of sp³-hybridized carbons (Fsp3) is 0.278. The van der Waals surface area contributed by atoms with Crippen molar-refractivity contribution in [2.45, 2.75) is 20.3 Å². The van der Waals surface area contributed by atoms with Crippen LogP contribution in [-0.2, 0) is 4.79 Å². The Balaban J connectivity index is 0.00000225. The average Bonchev–Trinajstić information content (AvgIpc) is 3.20. The SMILES string of the molecule is C=CCN(C(=O)CC(C)C)c1ccc(-c2ncnc3[nH]ccc23)o1.[HH]. The molecule has 126 valence electrons. The monoisotopic (exact) mass is 326 g/mol. The molecule has 0 unspecified atom stereocenters. The van der Waals surface area contributed by atoms with Crippen LogP contribution in [0.2, 0.25) is 0 Å². The highest BCUT2D eigenvalue weighted by molar-refractivity contribution is 5.93. The number of hydrogen-bond acceptors (Lipinski definition) is 4. The standard InChI is InChI=1S/C18H20N4O2.H2/c1-4-9-22(15(23)10-12(2)3)16-6-5-14(24-16)17-13-7-8-19-18(13)21-11-20-17;/h4-8,11-12H,1,9-10H2,2-3H3,(H,19,20,21);1H. The van der Waals surface area contributed by atoms with Gasteiger partial charge in [0, 0.05) is 32.0 Å². The fourth-order valence-corrected chi connectivity index (χ4v) is 2.57. The number of fused-ring (bicyclic) bond motifs is 1. The van der Waals surface area contributed by atoms with Crippen molar-refractivity contribution in [2.24, 2.45) is 5.92 Å². The number of carbonyl (C=O) groups excluding carboxylic acids is 1. The van der Waals surface area contributed by atoms with Gasteiger partial charge >= 0.3 is 0 Å². The number of furan rings is 1. The van der Waals surface area contributed by atoms with Gasteiger partial charge in [-0.3, -0.25) is 9.69 Å². The van der Waals surface area contributed by atoms with Crippen LogP contribution in [0.3, 0.4) is 0 Å². The van der Waals surface area contributed by atoms with E-state index in [1.54, 1.807) is 17.0 Å². The molecule has 0 aromatic carbocycles. The van der Waals surface area contributed by atoms with Crippen LogP contribution in [0.25, 0.3) is 22.5 Å². The van der Waals surface area contributed by atoms with Gasteiger partial charge in [0.15, 0.2) is 5.76 Å². The van der Waals surface area contributed by atoms with Crippen LogP contribution in [0.15, 0.2) is 47.8 Å². The van der Waals surface area contributed by atoms with Gasteiger partial charge in [-0.2, -0.15) is 0 Å². The summed E-state index contributed by atoms with van der Waals surface area (Å²) in [5.74, 6) is 1.39. The molecule has 0 saturated heterocycles. The van der Waals surface area contributed by atoms with Gasteiger partial charge < -0.3 is 9.40 Å². The molecule has 1 amide bonds. The smallest absolute Gasteiger partial charge is 0.229 e. The van der Waals surface area contributed by atoms with Gasteiger partial charge in [-0.1, -0.05) is 19.9 Å². The van der Waals surface area contributed by atoms with Crippen LogP contribution >= 0.6 is 0 Å². The minimum Gasteiger partial charge on any atom is -0.438 e. The third-order valence-corrected chi connectivity index (χ3v) is 3.64. The molecule has 6 nitrogen and oxygen atoms in total. The Bertz CT molecular complexity index is 869. The van der Waals surface area contributed by atoms with E-state index in [0.29, 0.717) is 30.3 Å². The highest BCUT2D eigenvalue weighted by Crippen LogP contribution is 2.30. The van der Waals surface area contributed by atoms with Crippen LogP contribution in [0.4, 0.5) is 5.88 Å². The number of H-pyrrole nitrogens is 1. The minimum atomic E-state index is 0. The second-order valence-corrected chi connectivity index (χ2v) is 5.99. The third kappa shape index (κ3) is 3.08. The van der Waals surface area contributed by atoms with E-state index in [-0.39, 0.29) is 13.3 Å². The van der Waals surface area contributed by atoms with Gasteiger partial charge in [0.05, 0.1) is 0 Å². The zero-order valence-corrected chi connectivity index (χ0v) is 13.8. The zero-order valence-electron chi connectivity index (χ0n) is 13.8. The van der Waals surface area contributed by atoms with Gasteiger partial charge in [-0.15, -0.1) is 6.58 Å². The largest absolute Gasteiger partial charge is 0.438 e. The number of nitrogens with one attached hydrogen (secondary N) is 1. The molecule has 0 atom stereocenters. The van der Waals surface area contributed by atoms with Gasteiger partial charge in [-0.25, -0.2) is 9.97 Å². The predicted octanol–water partition coefficient (Wildman–Crippen LogP) is 4.03. The molecule has 0 fully saturated rings. The number of carbonyl (C=O) groups is 1. The summed E-state index contributed by atoms with van der Waals surface area (Å²) in [6.07, 6.45) is 5.44. The molecule has 3 aromatic heterocycles. The van der Waals surface area contributed by atoms with E-state index in [1.165, 1.54) is 6.33 Å². The second-order valence-electron chi connectivity index (χ2n) is 5.99. The first kappa shape index (κ1) is 16.0. The summed E-state index contributed by atoms with van der Waals surface area (Å²) in [5, 5.41) is 0.877. The molecule has 3 aromatic rings. The molecular weight excluding hydrogens is 304 g/mol. The number of hydrogen-bond donors (Lipinski definition) is 1. The lowest BCUT2D eigenvalue weighted by atomic mass is 10.1. The predicted molar refractivity (Wildman–Crippen MR) is 95.7 cm³/mol. The molecule has 0 aliphatic carbocycles. The normalized spacial score (nSPS) is 11.1. The lowest BCUT2D eigenvalue weighted by Crippen LogP contribution is -2.31. The Morgan fingerprint density at radius 2 is 2.25 bits per heavy atom. The number of rotatable bonds is 6. The zero-order chi connectivity index (χ0) is 17.1. The molecule has 0 spiro atoms. The van der Waals surface area contributed by atoms with Crippen molar-refractivity contribution < 1.29 is 10.6 Å². The first-order valence-corrected chi connectivity index (χ1v) is 7.89. The maximum absolute atomic E-state index is 12.4. The minimum absolute atomic E-state index is 0. The quantitative estimate of drug-likeness (QED) is 0.694. The lowest BCUT2D eigenvalue weighted by molar-refractivity contribution is -0.119. The van der Waals surface area contributed by atoms with Crippen molar-refractivity contribution in [3.8, 4) is 11.5 Å². The molecule has 1 N–H and O–H groups in total. The van der Waals surface area contributed by atoms with E-state index < -0.39 is 0 Å². The van der Waals surface area contributed by atoms with Crippen molar-refractivity contribution in [3.05, 3.63) is 43.4 Å². The molecule has 24 heavy (non-hydrogen) atoms. The fourth-order valence-electron chi connectivity index (χ4n) is 2.57. The highest BCUT2D eigenvalue weighted by Gasteiger charge is 2.20. The van der Waals surface area contributed by atoms with Crippen molar-refractivity contribution in [2.75, 3.05) is 11.4 Å². The maximum atomic E-state index is 12.4. The molecular formula is C18H22N4O2. The summed E-state index contributed by atoms with van der Waals surface area (Å²) >= 11 is 0. The molecule has 0 aliphatic rings. The Labute approximate surface area is 141 Å². The Hall–Kier alpha value is -2.89. The average molecular weight is 326 g/mol. The number of nitrogens with zero attached hydrogens (tertiary/aromatic N) is 3. The number of aromatic amines is 1. The van der Waals surface area contributed by atoms with Crippen LogP contribution in [0.5, 0.6) is 0 Å². The Morgan fingerprint density at radius 1 is 1.42 bits per heavy atom. The molecule has 3 heterocycles. The Morgan fingerprint density at radius 3 is 3.00 bits per heavy atom. The van der Waals surface area contributed by atoms with E-state index in [2.05, 4.69) is 21.5 Å². The number of amides is 1. The molecule has 3 rings (SSSR count). The van der Waals surface area contributed by atoms with Crippen LogP contribution < -0.4 is 4.90 Å².